The Hall–Kier alpha value is -0.960. The Bertz CT molecular complexity index is 512. The lowest BCUT2D eigenvalue weighted by Crippen LogP contribution is -2.32. The van der Waals surface area contributed by atoms with Gasteiger partial charge in [-0.25, -0.2) is 0 Å². The molecule has 1 aromatic heterocycles. The first-order valence-corrected chi connectivity index (χ1v) is 8.53. The highest BCUT2D eigenvalue weighted by molar-refractivity contribution is 7.99. The molecule has 2 aliphatic rings. The summed E-state index contributed by atoms with van der Waals surface area (Å²) in [5.74, 6) is 0.320. The molecule has 9 heteroatoms. The molecule has 1 atom stereocenters. The second-order valence-electron chi connectivity index (χ2n) is 5.80. The molecule has 1 aromatic rings. The van der Waals surface area contributed by atoms with Gasteiger partial charge >= 0.3 is 6.18 Å². The third kappa shape index (κ3) is 3.51. The minimum absolute atomic E-state index is 0.289. The first-order valence-electron chi connectivity index (χ1n) is 7.54. The lowest BCUT2D eigenvalue weighted by Gasteiger charge is -2.27. The van der Waals surface area contributed by atoms with E-state index >= 15 is 0 Å². The third-order valence-electron chi connectivity index (χ3n) is 3.95. The topological polar surface area (TPSA) is 54.2 Å². The maximum atomic E-state index is 12.4. The van der Waals surface area contributed by atoms with E-state index in [-0.39, 0.29) is 6.04 Å². The van der Waals surface area contributed by atoms with E-state index in [0.29, 0.717) is 5.16 Å². The molecule has 22 heavy (non-hydrogen) atoms. The molecule has 0 amide bonds. The smallest absolute Gasteiger partial charge is 0.383 e. The van der Waals surface area contributed by atoms with Crippen molar-refractivity contribution in [2.24, 2.45) is 0 Å². The highest BCUT2D eigenvalue weighted by atomic mass is 32.2. The molecular formula is C13H19F3N4OS. The van der Waals surface area contributed by atoms with Crippen LogP contribution in [0.2, 0.25) is 0 Å². The van der Waals surface area contributed by atoms with Crippen molar-refractivity contribution in [3.8, 4) is 0 Å². The summed E-state index contributed by atoms with van der Waals surface area (Å²) in [4.78, 5) is 2.17. The Kier molecular flexibility index (Phi) is 4.54. The van der Waals surface area contributed by atoms with Crippen LogP contribution in [-0.2, 0) is 0 Å². The highest BCUT2D eigenvalue weighted by Crippen LogP contribution is 2.41. The van der Waals surface area contributed by atoms with E-state index in [1.165, 1.54) is 6.42 Å². The zero-order valence-corrected chi connectivity index (χ0v) is 12.9. The van der Waals surface area contributed by atoms with E-state index in [2.05, 4.69) is 15.1 Å². The predicted octanol–water partition coefficient (Wildman–Crippen LogP) is 2.62. The van der Waals surface area contributed by atoms with Crippen LogP contribution < -0.4 is 4.90 Å². The number of aliphatic hydroxyl groups is 1. The molecular weight excluding hydrogens is 317 g/mol. The summed E-state index contributed by atoms with van der Waals surface area (Å²) in [6.45, 7) is 1.83. The van der Waals surface area contributed by atoms with Gasteiger partial charge in [-0.05, 0) is 32.1 Å². The Morgan fingerprint density at radius 2 is 1.86 bits per heavy atom. The quantitative estimate of drug-likeness (QED) is 0.838. The summed E-state index contributed by atoms with van der Waals surface area (Å²) in [5.41, 5.74) is 0. The van der Waals surface area contributed by atoms with Gasteiger partial charge < -0.3 is 10.0 Å². The van der Waals surface area contributed by atoms with Crippen molar-refractivity contribution < 1.29 is 18.3 Å². The lowest BCUT2D eigenvalue weighted by atomic mass is 10.1. The number of thioether (sulfide) groups is 1. The van der Waals surface area contributed by atoms with Gasteiger partial charge in [-0.1, -0.05) is 11.8 Å². The number of aromatic nitrogens is 3. The van der Waals surface area contributed by atoms with Crippen molar-refractivity contribution in [1.29, 1.82) is 0 Å². The van der Waals surface area contributed by atoms with Gasteiger partial charge in [0.25, 0.3) is 0 Å². The zero-order chi connectivity index (χ0) is 15.7. The molecule has 0 aromatic carbocycles. The molecule has 1 N–H and O–H groups in total. The van der Waals surface area contributed by atoms with Crippen LogP contribution in [0.25, 0.3) is 0 Å². The molecule has 3 rings (SSSR count). The van der Waals surface area contributed by atoms with E-state index < -0.39 is 18.0 Å². The van der Waals surface area contributed by atoms with Crippen molar-refractivity contribution >= 4 is 17.7 Å². The number of piperidine rings is 1. The fraction of sp³-hybridized carbons (Fsp3) is 0.846. The largest absolute Gasteiger partial charge is 0.415 e. The van der Waals surface area contributed by atoms with Crippen LogP contribution in [-0.4, -0.2) is 51.0 Å². The van der Waals surface area contributed by atoms with E-state index in [1.54, 1.807) is 0 Å². The third-order valence-corrected chi connectivity index (χ3v) is 4.96. The van der Waals surface area contributed by atoms with Crippen molar-refractivity contribution in [1.82, 2.24) is 14.8 Å². The summed E-state index contributed by atoms with van der Waals surface area (Å²) >= 11 is 0.928. The van der Waals surface area contributed by atoms with Gasteiger partial charge in [0, 0.05) is 24.9 Å². The Morgan fingerprint density at radius 1 is 1.18 bits per heavy atom. The number of anilines is 1. The minimum Gasteiger partial charge on any atom is -0.383 e. The van der Waals surface area contributed by atoms with Crippen molar-refractivity contribution in [3.05, 3.63) is 0 Å². The lowest BCUT2D eigenvalue weighted by molar-refractivity contribution is -0.195. The number of halogens is 3. The van der Waals surface area contributed by atoms with E-state index in [1.807, 2.05) is 4.57 Å². The van der Waals surface area contributed by atoms with Crippen LogP contribution in [0.1, 0.15) is 38.1 Å². The second-order valence-corrected chi connectivity index (χ2v) is 6.79. The average molecular weight is 336 g/mol. The summed E-state index contributed by atoms with van der Waals surface area (Å²) in [7, 11) is 0. The first kappa shape index (κ1) is 15.9. The fourth-order valence-electron chi connectivity index (χ4n) is 2.58. The molecule has 1 aliphatic carbocycles. The SMILES string of the molecule is O[C@@H](CSc1nnc(N2CCCCC2)n1C1CC1)C(F)(F)F. The van der Waals surface area contributed by atoms with Gasteiger partial charge in [0.15, 0.2) is 11.3 Å². The number of rotatable bonds is 5. The highest BCUT2D eigenvalue weighted by Gasteiger charge is 2.39. The van der Waals surface area contributed by atoms with E-state index in [4.69, 9.17) is 5.11 Å². The van der Waals surface area contributed by atoms with Gasteiger partial charge in [0.2, 0.25) is 5.95 Å². The Labute approximate surface area is 130 Å². The van der Waals surface area contributed by atoms with Crippen LogP contribution in [0, 0.1) is 0 Å². The maximum Gasteiger partial charge on any atom is 0.415 e. The minimum atomic E-state index is -4.59. The average Bonchev–Trinajstić information content (AvgIpc) is 3.24. The van der Waals surface area contributed by atoms with E-state index in [0.717, 1.165) is 56.5 Å². The molecule has 0 spiro atoms. The molecule has 2 heterocycles. The summed E-state index contributed by atoms with van der Waals surface area (Å²) in [6.07, 6.45) is -1.50. The van der Waals surface area contributed by atoms with Gasteiger partial charge in [0.05, 0.1) is 0 Å². The second kappa shape index (κ2) is 6.27. The molecule has 5 nitrogen and oxygen atoms in total. The van der Waals surface area contributed by atoms with Crippen LogP contribution in [0.4, 0.5) is 19.1 Å². The normalized spacial score (nSPS) is 21.2. The number of nitrogens with zero attached hydrogens (tertiary/aromatic N) is 4. The molecule has 1 saturated heterocycles. The van der Waals surface area contributed by atoms with E-state index in [9.17, 15) is 13.2 Å². The molecule has 1 saturated carbocycles. The van der Waals surface area contributed by atoms with Crippen molar-refractivity contribution in [2.75, 3.05) is 23.7 Å². The first-order chi connectivity index (χ1) is 10.5. The monoisotopic (exact) mass is 336 g/mol. The number of hydrogen-bond donors (Lipinski definition) is 1. The molecule has 1 aliphatic heterocycles. The van der Waals surface area contributed by atoms with Crippen LogP contribution in [0.3, 0.4) is 0 Å². The summed E-state index contributed by atoms with van der Waals surface area (Å²) in [6, 6.07) is 0.289. The number of hydrogen-bond acceptors (Lipinski definition) is 5. The summed E-state index contributed by atoms with van der Waals surface area (Å²) in [5, 5.41) is 17.9. The molecule has 2 fully saturated rings. The molecule has 124 valence electrons. The molecule has 0 bridgehead atoms. The number of aliphatic hydroxyl groups excluding tert-OH is 1. The fourth-order valence-corrected chi connectivity index (χ4v) is 3.54. The Balaban J connectivity index is 1.73. The van der Waals surface area contributed by atoms with Crippen molar-refractivity contribution in [2.45, 2.75) is 55.6 Å². The van der Waals surface area contributed by atoms with Gasteiger partial charge in [-0.15, -0.1) is 10.2 Å². The van der Waals surface area contributed by atoms with Crippen molar-refractivity contribution in [3.63, 3.8) is 0 Å². The molecule has 0 radical (unpaired) electrons. The number of alkyl halides is 3. The molecule has 0 unspecified atom stereocenters. The maximum absolute atomic E-state index is 12.4. The Morgan fingerprint density at radius 3 is 2.45 bits per heavy atom. The summed E-state index contributed by atoms with van der Waals surface area (Å²) < 4.78 is 39.2. The van der Waals surface area contributed by atoms with Crippen LogP contribution in [0.5, 0.6) is 0 Å². The van der Waals surface area contributed by atoms with Crippen LogP contribution in [0.15, 0.2) is 5.16 Å². The van der Waals surface area contributed by atoms with Gasteiger partial charge in [-0.3, -0.25) is 4.57 Å². The predicted molar refractivity (Wildman–Crippen MR) is 77.1 cm³/mol. The van der Waals surface area contributed by atoms with Gasteiger partial charge in [-0.2, -0.15) is 13.2 Å². The van der Waals surface area contributed by atoms with Gasteiger partial charge in [0.1, 0.15) is 0 Å². The van der Waals surface area contributed by atoms with Crippen LogP contribution >= 0.6 is 11.8 Å². The standard InChI is InChI=1S/C13H19F3N4OS/c14-13(15,16)10(21)8-22-12-18-17-11(20(12)9-4-5-9)19-6-2-1-3-7-19/h9-10,21H,1-8H2/t10-/m0/s1. The zero-order valence-electron chi connectivity index (χ0n) is 12.1.